The van der Waals surface area contributed by atoms with Crippen LogP contribution in [0.5, 0.6) is 0 Å². The van der Waals surface area contributed by atoms with Gasteiger partial charge >= 0.3 is 0 Å². The lowest BCUT2D eigenvalue weighted by molar-refractivity contribution is 0.328. The van der Waals surface area contributed by atoms with Crippen molar-refractivity contribution in [2.24, 2.45) is 5.73 Å². The van der Waals surface area contributed by atoms with E-state index in [1.807, 2.05) is 0 Å². The molecule has 1 aliphatic rings. The van der Waals surface area contributed by atoms with Gasteiger partial charge in [0.25, 0.3) is 0 Å². The highest BCUT2D eigenvalue weighted by Gasteiger charge is 2.32. The van der Waals surface area contributed by atoms with Crippen LogP contribution in [-0.4, -0.2) is 10.1 Å². The molecule has 2 rings (SSSR count). The number of halogens is 1. The molecule has 1 heterocycles. The predicted octanol–water partition coefficient (Wildman–Crippen LogP) is 2.31. The van der Waals surface area contributed by atoms with E-state index in [0.29, 0.717) is 11.7 Å². The smallest absolute Gasteiger partial charge is 0.223 e. The van der Waals surface area contributed by atoms with Crippen molar-refractivity contribution >= 4 is 12.4 Å². The van der Waals surface area contributed by atoms with Gasteiger partial charge in [-0.3, -0.25) is 0 Å². The van der Waals surface area contributed by atoms with Crippen molar-refractivity contribution in [1.82, 2.24) is 10.1 Å². The minimum atomic E-state index is -0.339. The highest BCUT2D eigenvalue weighted by molar-refractivity contribution is 5.85. The second kappa shape index (κ2) is 4.94. The average Bonchev–Trinajstić information content (AvgIpc) is 2.47. The molecule has 0 unspecified atom stereocenters. The second-order valence-corrected chi connectivity index (χ2v) is 4.21. The van der Waals surface area contributed by atoms with E-state index < -0.39 is 0 Å². The molecule has 5 heteroatoms. The molecular formula is C10H18ClN3O. The monoisotopic (exact) mass is 231 g/mol. The van der Waals surface area contributed by atoms with Gasteiger partial charge in [-0.2, -0.15) is 4.98 Å². The van der Waals surface area contributed by atoms with Crippen molar-refractivity contribution in [3.05, 3.63) is 11.7 Å². The molecule has 0 spiro atoms. The third kappa shape index (κ3) is 2.69. The first kappa shape index (κ1) is 12.5. The van der Waals surface area contributed by atoms with Crippen molar-refractivity contribution < 1.29 is 4.52 Å². The molecule has 0 saturated heterocycles. The summed E-state index contributed by atoms with van der Waals surface area (Å²) in [6, 6.07) is 0. The Hall–Kier alpha value is -0.610. The van der Waals surface area contributed by atoms with E-state index in [9.17, 15) is 0 Å². The Bertz CT molecular complexity index is 305. The van der Waals surface area contributed by atoms with Gasteiger partial charge < -0.3 is 10.3 Å². The number of nitrogens with two attached hydrogens (primary N) is 1. The van der Waals surface area contributed by atoms with Crippen LogP contribution < -0.4 is 5.73 Å². The molecule has 2 N–H and O–H groups in total. The van der Waals surface area contributed by atoms with Crippen LogP contribution in [0, 0.1) is 6.92 Å². The van der Waals surface area contributed by atoms with Gasteiger partial charge in [0.1, 0.15) is 0 Å². The Morgan fingerprint density at radius 3 is 2.27 bits per heavy atom. The minimum Gasteiger partial charge on any atom is -0.340 e. The fourth-order valence-corrected chi connectivity index (χ4v) is 2.08. The van der Waals surface area contributed by atoms with Crippen LogP contribution in [0.2, 0.25) is 0 Å². The summed E-state index contributed by atoms with van der Waals surface area (Å²) in [7, 11) is 0. The lowest BCUT2D eigenvalue weighted by Gasteiger charge is -2.23. The molecule has 86 valence electrons. The van der Waals surface area contributed by atoms with Crippen LogP contribution in [0.25, 0.3) is 0 Å². The molecule has 0 aliphatic heterocycles. The Labute approximate surface area is 96.0 Å². The molecule has 0 amide bonds. The Balaban J connectivity index is 0.00000112. The quantitative estimate of drug-likeness (QED) is 0.754. The normalized spacial score (nSPS) is 20.4. The first-order chi connectivity index (χ1) is 6.71. The summed E-state index contributed by atoms with van der Waals surface area (Å²) >= 11 is 0. The van der Waals surface area contributed by atoms with Gasteiger partial charge in [-0.1, -0.05) is 30.8 Å². The maximum atomic E-state index is 6.31. The Morgan fingerprint density at radius 2 is 1.80 bits per heavy atom. The van der Waals surface area contributed by atoms with Crippen LogP contribution in [0.3, 0.4) is 0 Å². The van der Waals surface area contributed by atoms with Crippen LogP contribution in [0.15, 0.2) is 4.52 Å². The lowest BCUT2D eigenvalue weighted by atomic mass is 9.91. The van der Waals surface area contributed by atoms with E-state index in [1.165, 1.54) is 25.7 Å². The van der Waals surface area contributed by atoms with Gasteiger partial charge in [0, 0.05) is 6.92 Å². The second-order valence-electron chi connectivity index (χ2n) is 4.21. The van der Waals surface area contributed by atoms with Crippen LogP contribution >= 0.6 is 12.4 Å². The van der Waals surface area contributed by atoms with E-state index in [2.05, 4.69) is 10.1 Å². The Kier molecular flexibility index (Phi) is 4.11. The summed E-state index contributed by atoms with van der Waals surface area (Å²) < 4.78 is 4.98. The van der Waals surface area contributed by atoms with Crippen molar-refractivity contribution in [2.45, 2.75) is 51.0 Å². The first-order valence-corrected chi connectivity index (χ1v) is 5.30. The molecule has 1 aromatic rings. The number of rotatable bonds is 1. The maximum absolute atomic E-state index is 6.31. The highest BCUT2D eigenvalue weighted by Crippen LogP contribution is 2.31. The zero-order chi connectivity index (χ0) is 10.0. The van der Waals surface area contributed by atoms with E-state index in [1.54, 1.807) is 6.92 Å². The fraction of sp³-hybridized carbons (Fsp3) is 0.800. The summed E-state index contributed by atoms with van der Waals surface area (Å²) in [5.41, 5.74) is 5.97. The molecule has 15 heavy (non-hydrogen) atoms. The third-order valence-corrected chi connectivity index (χ3v) is 2.97. The summed E-state index contributed by atoms with van der Waals surface area (Å²) in [5.74, 6) is 1.30. The first-order valence-electron chi connectivity index (χ1n) is 5.30. The number of aryl methyl sites for hydroxylation is 1. The van der Waals surface area contributed by atoms with Crippen LogP contribution in [0.1, 0.15) is 50.2 Å². The van der Waals surface area contributed by atoms with E-state index in [0.717, 1.165) is 12.8 Å². The summed E-state index contributed by atoms with van der Waals surface area (Å²) in [4.78, 5) is 4.24. The molecule has 0 bridgehead atoms. The van der Waals surface area contributed by atoms with Crippen LogP contribution in [-0.2, 0) is 5.54 Å². The number of hydrogen-bond donors (Lipinski definition) is 1. The summed E-state index contributed by atoms with van der Waals surface area (Å²) in [6.45, 7) is 1.80. The van der Waals surface area contributed by atoms with E-state index in [4.69, 9.17) is 10.3 Å². The minimum absolute atomic E-state index is 0. The van der Waals surface area contributed by atoms with Crippen molar-refractivity contribution in [1.29, 1.82) is 0 Å². The predicted molar refractivity (Wildman–Crippen MR) is 59.9 cm³/mol. The molecule has 1 fully saturated rings. The zero-order valence-electron chi connectivity index (χ0n) is 9.03. The molecule has 0 atom stereocenters. The summed E-state index contributed by atoms with van der Waals surface area (Å²) in [6.07, 6.45) is 6.84. The third-order valence-electron chi connectivity index (χ3n) is 2.97. The number of hydrogen-bond acceptors (Lipinski definition) is 4. The van der Waals surface area contributed by atoms with Crippen molar-refractivity contribution in [3.63, 3.8) is 0 Å². The van der Waals surface area contributed by atoms with E-state index >= 15 is 0 Å². The zero-order valence-corrected chi connectivity index (χ0v) is 9.85. The standard InChI is InChI=1S/C10H17N3O.ClH/c1-8-12-9(13-14-8)10(11)6-4-2-3-5-7-10;/h2-7,11H2,1H3;1H. The fourth-order valence-electron chi connectivity index (χ4n) is 2.08. The lowest BCUT2D eigenvalue weighted by Crippen LogP contribution is -2.37. The largest absolute Gasteiger partial charge is 0.340 e. The number of aromatic nitrogens is 2. The van der Waals surface area contributed by atoms with Crippen LogP contribution in [0.4, 0.5) is 0 Å². The molecular weight excluding hydrogens is 214 g/mol. The van der Waals surface area contributed by atoms with Gasteiger partial charge in [-0.15, -0.1) is 12.4 Å². The molecule has 0 aromatic carbocycles. The highest BCUT2D eigenvalue weighted by atomic mass is 35.5. The molecule has 4 nitrogen and oxygen atoms in total. The SMILES string of the molecule is Cc1nc(C2(N)CCCCCC2)no1.Cl. The van der Waals surface area contributed by atoms with Crippen molar-refractivity contribution in [2.75, 3.05) is 0 Å². The Morgan fingerprint density at radius 1 is 1.20 bits per heavy atom. The van der Waals surface area contributed by atoms with Gasteiger partial charge in [0.2, 0.25) is 5.89 Å². The van der Waals surface area contributed by atoms with Gasteiger partial charge in [0.05, 0.1) is 5.54 Å². The molecule has 1 aromatic heterocycles. The van der Waals surface area contributed by atoms with Gasteiger partial charge in [-0.25, -0.2) is 0 Å². The topological polar surface area (TPSA) is 64.9 Å². The van der Waals surface area contributed by atoms with Crippen molar-refractivity contribution in [3.8, 4) is 0 Å². The average molecular weight is 232 g/mol. The molecule has 1 aliphatic carbocycles. The van der Waals surface area contributed by atoms with Gasteiger partial charge in [-0.05, 0) is 12.8 Å². The maximum Gasteiger partial charge on any atom is 0.223 e. The molecule has 0 radical (unpaired) electrons. The van der Waals surface area contributed by atoms with E-state index in [-0.39, 0.29) is 17.9 Å². The summed E-state index contributed by atoms with van der Waals surface area (Å²) in [5, 5.41) is 3.94. The number of nitrogens with zero attached hydrogens (tertiary/aromatic N) is 2. The van der Waals surface area contributed by atoms with Gasteiger partial charge in [0.15, 0.2) is 5.82 Å². The molecule has 1 saturated carbocycles.